The molecule has 0 spiro atoms. The van der Waals surface area contributed by atoms with Crippen molar-refractivity contribution in [2.45, 2.75) is 19.9 Å². The van der Waals surface area contributed by atoms with Crippen LogP contribution < -0.4 is 14.8 Å². The SMILES string of the molecule is CCCOc1cc(Cl)c(CNc2ccc(Br)cc2)cc1OC. The molecule has 0 fully saturated rings. The fraction of sp³-hybridized carbons (Fsp3) is 0.294. The molecule has 0 aliphatic rings. The number of methoxy groups -OCH3 is 1. The van der Waals surface area contributed by atoms with Crippen LogP contribution in [0.1, 0.15) is 18.9 Å². The molecule has 2 aromatic carbocycles. The molecule has 0 amide bonds. The van der Waals surface area contributed by atoms with Crippen molar-refractivity contribution in [1.82, 2.24) is 0 Å². The molecule has 0 radical (unpaired) electrons. The summed E-state index contributed by atoms with van der Waals surface area (Å²) < 4.78 is 12.1. The number of hydrogen-bond acceptors (Lipinski definition) is 3. The van der Waals surface area contributed by atoms with Gasteiger partial charge in [-0.1, -0.05) is 34.5 Å². The third-order valence-corrected chi connectivity index (χ3v) is 4.00. The summed E-state index contributed by atoms with van der Waals surface area (Å²) in [7, 11) is 1.63. The first kappa shape index (κ1) is 17.0. The lowest BCUT2D eigenvalue weighted by Crippen LogP contribution is -2.03. The van der Waals surface area contributed by atoms with Crippen molar-refractivity contribution < 1.29 is 9.47 Å². The van der Waals surface area contributed by atoms with Crippen LogP contribution in [0.2, 0.25) is 5.02 Å². The molecular weight excluding hydrogens is 366 g/mol. The second-order valence-electron chi connectivity index (χ2n) is 4.80. The summed E-state index contributed by atoms with van der Waals surface area (Å²) in [5.74, 6) is 1.38. The molecule has 0 aliphatic heterocycles. The van der Waals surface area contributed by atoms with Gasteiger partial charge in [0.15, 0.2) is 11.5 Å². The fourth-order valence-electron chi connectivity index (χ4n) is 1.96. The predicted octanol–water partition coefficient (Wildman–Crippen LogP) is 5.51. The van der Waals surface area contributed by atoms with E-state index in [9.17, 15) is 0 Å². The van der Waals surface area contributed by atoms with E-state index >= 15 is 0 Å². The minimum absolute atomic E-state index is 0.616. The molecule has 0 bridgehead atoms. The van der Waals surface area contributed by atoms with Gasteiger partial charge in [0.25, 0.3) is 0 Å². The highest BCUT2D eigenvalue weighted by Gasteiger charge is 2.10. The van der Waals surface area contributed by atoms with Crippen molar-refractivity contribution >= 4 is 33.2 Å². The number of nitrogens with one attached hydrogen (secondary N) is 1. The molecular formula is C17H19BrClNO2. The Hall–Kier alpha value is -1.39. The van der Waals surface area contributed by atoms with Gasteiger partial charge in [0.05, 0.1) is 13.7 Å². The Balaban J connectivity index is 2.11. The highest BCUT2D eigenvalue weighted by atomic mass is 79.9. The average molecular weight is 385 g/mol. The Morgan fingerprint density at radius 2 is 1.86 bits per heavy atom. The summed E-state index contributed by atoms with van der Waals surface area (Å²) >= 11 is 9.77. The van der Waals surface area contributed by atoms with Gasteiger partial charge in [-0.15, -0.1) is 0 Å². The van der Waals surface area contributed by atoms with Gasteiger partial charge in [-0.05, 0) is 42.3 Å². The molecule has 0 aliphatic carbocycles. The van der Waals surface area contributed by atoms with Gasteiger partial charge >= 0.3 is 0 Å². The number of halogens is 2. The van der Waals surface area contributed by atoms with Crippen molar-refractivity contribution in [3.05, 3.63) is 51.5 Å². The van der Waals surface area contributed by atoms with E-state index in [4.69, 9.17) is 21.1 Å². The Labute approximate surface area is 144 Å². The molecule has 0 heterocycles. The molecule has 22 heavy (non-hydrogen) atoms. The Bertz CT molecular complexity index is 617. The van der Waals surface area contributed by atoms with E-state index in [-0.39, 0.29) is 0 Å². The third-order valence-electron chi connectivity index (χ3n) is 3.12. The maximum absolute atomic E-state index is 6.35. The summed E-state index contributed by atoms with van der Waals surface area (Å²) in [4.78, 5) is 0. The van der Waals surface area contributed by atoms with Gasteiger partial charge in [0.1, 0.15) is 0 Å². The van der Waals surface area contributed by atoms with Crippen LogP contribution in [0, 0.1) is 0 Å². The highest BCUT2D eigenvalue weighted by Crippen LogP contribution is 2.33. The lowest BCUT2D eigenvalue weighted by Gasteiger charge is -2.14. The van der Waals surface area contributed by atoms with Crippen molar-refractivity contribution in [3.8, 4) is 11.5 Å². The summed E-state index contributed by atoms with van der Waals surface area (Å²) in [6.07, 6.45) is 0.938. The van der Waals surface area contributed by atoms with Gasteiger partial charge in [0, 0.05) is 27.8 Å². The maximum Gasteiger partial charge on any atom is 0.162 e. The molecule has 2 aromatic rings. The topological polar surface area (TPSA) is 30.5 Å². The molecule has 0 unspecified atom stereocenters. The average Bonchev–Trinajstić information content (AvgIpc) is 2.53. The maximum atomic E-state index is 6.35. The van der Waals surface area contributed by atoms with Crippen LogP contribution in [-0.2, 0) is 6.54 Å². The van der Waals surface area contributed by atoms with Crippen LogP contribution in [-0.4, -0.2) is 13.7 Å². The summed E-state index contributed by atoms with van der Waals surface area (Å²) in [6, 6.07) is 11.7. The quantitative estimate of drug-likeness (QED) is 0.682. The number of anilines is 1. The molecule has 0 saturated carbocycles. The van der Waals surface area contributed by atoms with Gasteiger partial charge in [0.2, 0.25) is 0 Å². The Morgan fingerprint density at radius 1 is 1.14 bits per heavy atom. The van der Waals surface area contributed by atoms with E-state index in [1.807, 2.05) is 36.4 Å². The van der Waals surface area contributed by atoms with Crippen LogP contribution in [0.5, 0.6) is 11.5 Å². The third kappa shape index (κ3) is 4.55. The summed E-state index contributed by atoms with van der Waals surface area (Å²) in [5, 5.41) is 4.00. The zero-order chi connectivity index (χ0) is 15.9. The van der Waals surface area contributed by atoms with Gasteiger partial charge in [-0.2, -0.15) is 0 Å². The number of rotatable bonds is 7. The summed E-state index contributed by atoms with van der Waals surface area (Å²) in [6.45, 7) is 3.32. The lowest BCUT2D eigenvalue weighted by atomic mass is 10.2. The molecule has 0 aromatic heterocycles. The Morgan fingerprint density at radius 3 is 2.50 bits per heavy atom. The van der Waals surface area contributed by atoms with Crippen LogP contribution >= 0.6 is 27.5 Å². The monoisotopic (exact) mass is 383 g/mol. The smallest absolute Gasteiger partial charge is 0.162 e. The molecule has 118 valence electrons. The number of ether oxygens (including phenoxy) is 2. The van der Waals surface area contributed by atoms with Crippen molar-refractivity contribution in [1.29, 1.82) is 0 Å². The largest absolute Gasteiger partial charge is 0.493 e. The van der Waals surface area contributed by atoms with E-state index in [2.05, 4.69) is 28.2 Å². The van der Waals surface area contributed by atoms with Crippen LogP contribution in [0.4, 0.5) is 5.69 Å². The van der Waals surface area contributed by atoms with E-state index in [0.29, 0.717) is 29.7 Å². The Kier molecular flexibility index (Phi) is 6.40. The molecule has 0 atom stereocenters. The van der Waals surface area contributed by atoms with Crippen molar-refractivity contribution in [3.63, 3.8) is 0 Å². The van der Waals surface area contributed by atoms with Crippen molar-refractivity contribution in [2.75, 3.05) is 19.0 Å². The predicted molar refractivity (Wildman–Crippen MR) is 95.3 cm³/mol. The minimum Gasteiger partial charge on any atom is -0.493 e. The van der Waals surface area contributed by atoms with E-state index in [1.165, 1.54) is 0 Å². The molecule has 3 nitrogen and oxygen atoms in total. The first-order valence-corrected chi connectivity index (χ1v) is 8.29. The molecule has 2 rings (SSSR count). The second-order valence-corrected chi connectivity index (χ2v) is 6.13. The highest BCUT2D eigenvalue weighted by molar-refractivity contribution is 9.10. The minimum atomic E-state index is 0.616. The van der Waals surface area contributed by atoms with Crippen LogP contribution in [0.15, 0.2) is 40.9 Å². The molecule has 1 N–H and O–H groups in total. The van der Waals surface area contributed by atoms with Gasteiger partial charge < -0.3 is 14.8 Å². The normalized spacial score (nSPS) is 10.4. The summed E-state index contributed by atoms with van der Waals surface area (Å²) in [5.41, 5.74) is 2.00. The fourth-order valence-corrected chi connectivity index (χ4v) is 2.45. The van der Waals surface area contributed by atoms with Gasteiger partial charge in [-0.25, -0.2) is 0 Å². The number of benzene rings is 2. The zero-order valence-electron chi connectivity index (χ0n) is 12.7. The van der Waals surface area contributed by atoms with Gasteiger partial charge in [-0.3, -0.25) is 0 Å². The van der Waals surface area contributed by atoms with Crippen LogP contribution in [0.3, 0.4) is 0 Å². The lowest BCUT2D eigenvalue weighted by molar-refractivity contribution is 0.294. The van der Waals surface area contributed by atoms with E-state index in [1.54, 1.807) is 7.11 Å². The molecule has 5 heteroatoms. The molecule has 0 saturated heterocycles. The number of hydrogen-bond donors (Lipinski definition) is 1. The first-order valence-electron chi connectivity index (χ1n) is 7.12. The van der Waals surface area contributed by atoms with Crippen molar-refractivity contribution in [2.24, 2.45) is 0 Å². The first-order chi connectivity index (χ1) is 10.6. The van der Waals surface area contributed by atoms with Crippen LogP contribution in [0.25, 0.3) is 0 Å². The van der Waals surface area contributed by atoms with E-state index < -0.39 is 0 Å². The van der Waals surface area contributed by atoms with E-state index in [0.717, 1.165) is 22.1 Å². The second kappa shape index (κ2) is 8.30. The zero-order valence-corrected chi connectivity index (χ0v) is 15.0. The standard InChI is InChI=1S/C17H19BrClNO2/c1-3-8-22-17-10-15(19)12(9-16(17)21-2)11-20-14-6-4-13(18)5-7-14/h4-7,9-10,20H,3,8,11H2,1-2H3.